The van der Waals surface area contributed by atoms with Gasteiger partial charge in [-0.2, -0.15) is 0 Å². The van der Waals surface area contributed by atoms with Crippen molar-refractivity contribution in [1.82, 2.24) is 24.3 Å². The standard InChI is InChI=1S/C24H31N5O3/c1-15-11-17(5-8-28(15)23(30)32-24(2,3)4)19-14-29-20(27-19)13-26-22-21(29)18(12-25-22)16-6-9-31-10-7-16/h6,12-15,17,25H,5,7-11H2,1-4H3. The lowest BCUT2D eigenvalue weighted by atomic mass is 9.89. The fourth-order valence-electron chi connectivity index (χ4n) is 4.80. The van der Waals surface area contributed by atoms with E-state index in [1.165, 1.54) is 11.1 Å². The number of ether oxygens (including phenoxy) is 2. The van der Waals surface area contributed by atoms with E-state index in [1.807, 2.05) is 38.1 Å². The first-order valence-electron chi connectivity index (χ1n) is 11.4. The van der Waals surface area contributed by atoms with Crippen molar-refractivity contribution in [3.05, 3.63) is 35.9 Å². The summed E-state index contributed by atoms with van der Waals surface area (Å²) in [5, 5.41) is 0. The van der Waals surface area contributed by atoms with Crippen molar-refractivity contribution in [2.24, 2.45) is 0 Å². The smallest absolute Gasteiger partial charge is 0.410 e. The Morgan fingerprint density at radius 1 is 1.34 bits per heavy atom. The number of amides is 1. The Morgan fingerprint density at radius 2 is 2.19 bits per heavy atom. The molecule has 2 aliphatic rings. The van der Waals surface area contributed by atoms with Gasteiger partial charge >= 0.3 is 6.09 Å². The highest BCUT2D eigenvalue weighted by Gasteiger charge is 2.33. The minimum atomic E-state index is -0.484. The maximum Gasteiger partial charge on any atom is 0.410 e. The van der Waals surface area contributed by atoms with Crippen LogP contribution in [0.4, 0.5) is 4.79 Å². The van der Waals surface area contributed by atoms with E-state index in [9.17, 15) is 4.79 Å². The number of hydrogen-bond acceptors (Lipinski definition) is 5. The molecule has 0 spiro atoms. The second-order valence-electron chi connectivity index (χ2n) is 9.85. The molecule has 170 valence electrons. The molecule has 2 atom stereocenters. The van der Waals surface area contributed by atoms with Gasteiger partial charge in [0.15, 0.2) is 11.3 Å². The number of piperidine rings is 1. The summed E-state index contributed by atoms with van der Waals surface area (Å²) in [5.74, 6) is 0.295. The molecule has 2 unspecified atom stereocenters. The van der Waals surface area contributed by atoms with Crippen LogP contribution in [0.25, 0.3) is 22.4 Å². The Labute approximate surface area is 187 Å². The van der Waals surface area contributed by atoms with Gasteiger partial charge in [-0.25, -0.2) is 14.8 Å². The van der Waals surface area contributed by atoms with Gasteiger partial charge in [0.05, 0.1) is 30.6 Å². The predicted octanol–water partition coefficient (Wildman–Crippen LogP) is 4.52. The quantitative estimate of drug-likeness (QED) is 0.637. The molecule has 1 saturated heterocycles. The molecule has 0 bridgehead atoms. The van der Waals surface area contributed by atoms with Crippen LogP contribution in [0.1, 0.15) is 64.1 Å². The Hall–Kier alpha value is -2.87. The number of nitrogens with one attached hydrogen (secondary N) is 1. The van der Waals surface area contributed by atoms with Crippen molar-refractivity contribution < 1.29 is 14.3 Å². The molecule has 0 radical (unpaired) electrons. The Balaban J connectivity index is 1.42. The number of rotatable bonds is 2. The van der Waals surface area contributed by atoms with Crippen molar-refractivity contribution in [3.8, 4) is 0 Å². The van der Waals surface area contributed by atoms with E-state index >= 15 is 0 Å². The highest BCUT2D eigenvalue weighted by Crippen LogP contribution is 2.34. The van der Waals surface area contributed by atoms with Gasteiger partial charge in [-0.05, 0) is 52.5 Å². The van der Waals surface area contributed by atoms with E-state index in [1.54, 1.807) is 0 Å². The summed E-state index contributed by atoms with van der Waals surface area (Å²) < 4.78 is 13.2. The molecule has 0 saturated carbocycles. The third kappa shape index (κ3) is 3.88. The molecule has 5 rings (SSSR count). The number of carbonyl (C=O) groups is 1. The molecule has 3 aromatic rings. The molecule has 8 nitrogen and oxygen atoms in total. The van der Waals surface area contributed by atoms with Crippen LogP contribution in [-0.2, 0) is 9.47 Å². The number of carbonyl (C=O) groups excluding carboxylic acids is 1. The number of nitrogens with zero attached hydrogens (tertiary/aromatic N) is 4. The van der Waals surface area contributed by atoms with Gasteiger partial charge in [-0.3, -0.25) is 4.40 Å². The van der Waals surface area contributed by atoms with Gasteiger partial charge in [-0.1, -0.05) is 6.08 Å². The van der Waals surface area contributed by atoms with Crippen LogP contribution >= 0.6 is 0 Å². The lowest BCUT2D eigenvalue weighted by Gasteiger charge is -2.37. The van der Waals surface area contributed by atoms with Crippen LogP contribution in [0.15, 0.2) is 24.7 Å². The summed E-state index contributed by atoms with van der Waals surface area (Å²) in [4.78, 5) is 27.3. The molecular weight excluding hydrogens is 406 g/mol. The van der Waals surface area contributed by atoms with Crippen LogP contribution in [0, 0.1) is 0 Å². The SMILES string of the molecule is CC1CC(c2cn3c(cnc4[nH]cc(C5=CCOCC5)c43)n2)CCN1C(=O)OC(C)(C)C. The number of H-pyrrole nitrogens is 1. The number of likely N-dealkylation sites (tertiary alicyclic amines) is 1. The van der Waals surface area contributed by atoms with E-state index in [2.05, 4.69) is 33.6 Å². The van der Waals surface area contributed by atoms with Gasteiger partial charge in [0.1, 0.15) is 5.60 Å². The number of aromatic amines is 1. The molecule has 1 amide bonds. The normalized spacial score (nSPS) is 22.4. The molecule has 2 aliphatic heterocycles. The van der Waals surface area contributed by atoms with Crippen molar-refractivity contribution in [1.29, 1.82) is 0 Å². The number of fused-ring (bicyclic) bond motifs is 3. The van der Waals surface area contributed by atoms with Gasteiger partial charge in [-0.15, -0.1) is 0 Å². The number of aromatic nitrogens is 4. The zero-order valence-corrected chi connectivity index (χ0v) is 19.2. The van der Waals surface area contributed by atoms with Gasteiger partial charge < -0.3 is 19.4 Å². The number of imidazole rings is 1. The average Bonchev–Trinajstić information content (AvgIpc) is 3.37. The lowest BCUT2D eigenvalue weighted by molar-refractivity contribution is 0.0102. The molecular formula is C24H31N5O3. The van der Waals surface area contributed by atoms with Crippen molar-refractivity contribution >= 4 is 28.5 Å². The molecule has 1 N–H and O–H groups in total. The largest absolute Gasteiger partial charge is 0.444 e. The highest BCUT2D eigenvalue weighted by atomic mass is 16.6. The first-order chi connectivity index (χ1) is 15.3. The topological polar surface area (TPSA) is 84.8 Å². The van der Waals surface area contributed by atoms with Crippen LogP contribution in [0.2, 0.25) is 0 Å². The van der Waals surface area contributed by atoms with Gasteiger partial charge in [0.25, 0.3) is 0 Å². The van der Waals surface area contributed by atoms with Crippen molar-refractivity contribution in [2.45, 2.75) is 64.5 Å². The molecule has 32 heavy (non-hydrogen) atoms. The predicted molar refractivity (Wildman–Crippen MR) is 123 cm³/mol. The van der Waals surface area contributed by atoms with Crippen LogP contribution in [0.5, 0.6) is 0 Å². The first kappa shape index (κ1) is 21.0. The average molecular weight is 438 g/mol. The van der Waals surface area contributed by atoms with E-state index < -0.39 is 5.60 Å². The molecule has 5 heterocycles. The zero-order valence-electron chi connectivity index (χ0n) is 19.2. The number of hydrogen-bond donors (Lipinski definition) is 1. The molecule has 0 aliphatic carbocycles. The second-order valence-corrected chi connectivity index (χ2v) is 9.85. The van der Waals surface area contributed by atoms with Gasteiger partial charge in [0.2, 0.25) is 0 Å². The van der Waals surface area contributed by atoms with Crippen molar-refractivity contribution in [3.63, 3.8) is 0 Å². The summed E-state index contributed by atoms with van der Waals surface area (Å²) >= 11 is 0. The highest BCUT2D eigenvalue weighted by molar-refractivity contribution is 5.89. The third-order valence-electron chi connectivity index (χ3n) is 6.37. The summed E-state index contributed by atoms with van der Waals surface area (Å²) in [6, 6.07) is 0.0989. The Bertz CT molecular complexity index is 1190. The van der Waals surface area contributed by atoms with Crippen LogP contribution in [-0.4, -0.2) is 61.7 Å². The Morgan fingerprint density at radius 3 is 2.91 bits per heavy atom. The van der Waals surface area contributed by atoms with Crippen LogP contribution < -0.4 is 0 Å². The lowest BCUT2D eigenvalue weighted by Crippen LogP contribution is -2.46. The molecule has 0 aromatic carbocycles. The minimum absolute atomic E-state index is 0.0989. The Kier molecular flexibility index (Phi) is 5.20. The molecule has 1 fully saturated rings. The fourth-order valence-corrected chi connectivity index (χ4v) is 4.80. The van der Waals surface area contributed by atoms with E-state index in [4.69, 9.17) is 14.5 Å². The summed E-state index contributed by atoms with van der Waals surface area (Å²) in [5.41, 5.74) is 5.80. The van der Waals surface area contributed by atoms with E-state index in [0.717, 1.165) is 48.4 Å². The maximum absolute atomic E-state index is 12.6. The summed E-state index contributed by atoms with van der Waals surface area (Å²) in [7, 11) is 0. The monoisotopic (exact) mass is 437 g/mol. The van der Waals surface area contributed by atoms with Crippen molar-refractivity contribution in [2.75, 3.05) is 19.8 Å². The minimum Gasteiger partial charge on any atom is -0.444 e. The zero-order chi connectivity index (χ0) is 22.5. The second kappa shape index (κ2) is 7.92. The third-order valence-corrected chi connectivity index (χ3v) is 6.37. The molecule has 8 heteroatoms. The van der Waals surface area contributed by atoms with Gasteiger partial charge in [0, 0.05) is 36.5 Å². The maximum atomic E-state index is 12.6. The molecule has 3 aromatic heterocycles. The van der Waals surface area contributed by atoms with E-state index in [0.29, 0.717) is 19.1 Å². The van der Waals surface area contributed by atoms with Crippen LogP contribution in [0.3, 0.4) is 0 Å². The fraction of sp³-hybridized carbons (Fsp3) is 0.542. The van der Waals surface area contributed by atoms with E-state index in [-0.39, 0.29) is 12.1 Å². The summed E-state index contributed by atoms with van der Waals surface area (Å²) in [6.45, 7) is 9.86. The first-order valence-corrected chi connectivity index (χ1v) is 11.4. The summed E-state index contributed by atoms with van der Waals surface area (Å²) in [6.07, 6.45) is 10.6.